The molecule has 0 radical (unpaired) electrons. The number of rotatable bonds is 4. The monoisotopic (exact) mass is 382 g/mol. The predicted molar refractivity (Wildman–Crippen MR) is 94.0 cm³/mol. The Morgan fingerprint density at radius 1 is 1.24 bits per heavy atom. The molecule has 0 aliphatic rings. The van der Waals surface area contributed by atoms with Crippen molar-refractivity contribution >= 4 is 56.3 Å². The van der Waals surface area contributed by atoms with Crippen molar-refractivity contribution in [2.75, 3.05) is 5.32 Å². The Morgan fingerprint density at radius 3 is 2.48 bits per heavy atom. The van der Waals surface area contributed by atoms with E-state index < -0.39 is 0 Å². The van der Waals surface area contributed by atoms with Crippen molar-refractivity contribution < 1.29 is 4.79 Å². The molecule has 0 bridgehead atoms. The van der Waals surface area contributed by atoms with Crippen LogP contribution in [0, 0.1) is 0 Å². The standard InChI is InChI=1S/C15H12BrClN2OS/c16-12-8-10(3-6-13(12)17)15(20)19-11-4-1-9(2-5-11)7-14(18)21/h1-6,8H,7H2,(H2,18,21)(H,19,20). The molecule has 2 rings (SSSR count). The minimum Gasteiger partial charge on any atom is -0.393 e. The molecule has 0 aromatic heterocycles. The van der Waals surface area contributed by atoms with E-state index >= 15 is 0 Å². The van der Waals surface area contributed by atoms with E-state index in [-0.39, 0.29) is 5.91 Å². The summed E-state index contributed by atoms with van der Waals surface area (Å²) in [5.41, 5.74) is 7.73. The molecule has 0 heterocycles. The highest BCUT2D eigenvalue weighted by Gasteiger charge is 2.08. The summed E-state index contributed by atoms with van der Waals surface area (Å²) < 4.78 is 0.684. The van der Waals surface area contributed by atoms with Gasteiger partial charge < -0.3 is 11.1 Å². The van der Waals surface area contributed by atoms with Crippen LogP contribution in [0.5, 0.6) is 0 Å². The van der Waals surface area contributed by atoms with Gasteiger partial charge in [-0.05, 0) is 51.8 Å². The average molecular weight is 384 g/mol. The number of hydrogen-bond acceptors (Lipinski definition) is 2. The zero-order valence-corrected chi connectivity index (χ0v) is 14.1. The maximum Gasteiger partial charge on any atom is 0.255 e. The van der Waals surface area contributed by atoms with E-state index in [1.54, 1.807) is 18.2 Å². The molecule has 0 unspecified atom stereocenters. The molecule has 3 N–H and O–H groups in total. The van der Waals surface area contributed by atoms with E-state index in [0.29, 0.717) is 32.2 Å². The SMILES string of the molecule is NC(=S)Cc1ccc(NC(=O)c2ccc(Cl)c(Br)c2)cc1. The number of anilines is 1. The first kappa shape index (κ1) is 15.9. The van der Waals surface area contributed by atoms with E-state index in [4.69, 9.17) is 29.6 Å². The molecule has 0 saturated heterocycles. The number of benzene rings is 2. The maximum absolute atomic E-state index is 12.1. The number of carbonyl (C=O) groups excluding carboxylic acids is 1. The van der Waals surface area contributed by atoms with Crippen LogP contribution in [0.15, 0.2) is 46.9 Å². The molecule has 0 atom stereocenters. The molecule has 2 aromatic rings. The van der Waals surface area contributed by atoms with Crippen LogP contribution in [0.25, 0.3) is 0 Å². The van der Waals surface area contributed by atoms with Gasteiger partial charge >= 0.3 is 0 Å². The molecule has 3 nitrogen and oxygen atoms in total. The molecule has 1 amide bonds. The normalized spacial score (nSPS) is 10.2. The smallest absolute Gasteiger partial charge is 0.255 e. The highest BCUT2D eigenvalue weighted by atomic mass is 79.9. The van der Waals surface area contributed by atoms with Crippen LogP contribution in [0.3, 0.4) is 0 Å². The van der Waals surface area contributed by atoms with Gasteiger partial charge in [0.25, 0.3) is 5.91 Å². The van der Waals surface area contributed by atoms with Crippen LogP contribution >= 0.6 is 39.7 Å². The number of amides is 1. The molecule has 0 aliphatic carbocycles. The highest BCUT2D eigenvalue weighted by molar-refractivity contribution is 9.10. The largest absolute Gasteiger partial charge is 0.393 e. The predicted octanol–water partition coefficient (Wildman–Crippen LogP) is 4.18. The van der Waals surface area contributed by atoms with Gasteiger partial charge in [0.05, 0.1) is 10.0 Å². The zero-order chi connectivity index (χ0) is 15.4. The number of nitrogens with two attached hydrogens (primary N) is 1. The van der Waals surface area contributed by atoms with Gasteiger partial charge in [0.2, 0.25) is 0 Å². The van der Waals surface area contributed by atoms with E-state index in [2.05, 4.69) is 21.2 Å². The van der Waals surface area contributed by atoms with E-state index in [1.165, 1.54) is 0 Å². The third-order valence-electron chi connectivity index (χ3n) is 2.77. The fourth-order valence-electron chi connectivity index (χ4n) is 1.75. The lowest BCUT2D eigenvalue weighted by atomic mass is 10.1. The van der Waals surface area contributed by atoms with Gasteiger partial charge in [0.15, 0.2) is 0 Å². The summed E-state index contributed by atoms with van der Waals surface area (Å²) in [6.07, 6.45) is 0.549. The van der Waals surface area contributed by atoms with Gasteiger partial charge in [-0.1, -0.05) is 36.0 Å². The first-order valence-electron chi connectivity index (χ1n) is 6.09. The topological polar surface area (TPSA) is 55.1 Å². The molecule has 2 aromatic carbocycles. The van der Waals surface area contributed by atoms with Crippen molar-refractivity contribution in [3.05, 3.63) is 63.1 Å². The van der Waals surface area contributed by atoms with Crippen molar-refractivity contribution in [1.82, 2.24) is 0 Å². The summed E-state index contributed by atoms with van der Waals surface area (Å²) in [7, 11) is 0. The summed E-state index contributed by atoms with van der Waals surface area (Å²) in [5, 5.41) is 3.38. The van der Waals surface area contributed by atoms with Crippen LogP contribution in [0.1, 0.15) is 15.9 Å². The summed E-state index contributed by atoms with van der Waals surface area (Å²) in [6.45, 7) is 0. The number of hydrogen-bond donors (Lipinski definition) is 2. The summed E-state index contributed by atoms with van der Waals surface area (Å²) in [4.78, 5) is 12.6. The van der Waals surface area contributed by atoms with Crippen LogP contribution in [0.4, 0.5) is 5.69 Å². The summed E-state index contributed by atoms with van der Waals surface area (Å²) in [5.74, 6) is -0.200. The van der Waals surface area contributed by atoms with Crippen molar-refractivity contribution in [3.63, 3.8) is 0 Å². The fourth-order valence-corrected chi connectivity index (χ4v) is 2.41. The lowest BCUT2D eigenvalue weighted by Crippen LogP contribution is -2.13. The zero-order valence-electron chi connectivity index (χ0n) is 10.9. The number of halogens is 2. The van der Waals surface area contributed by atoms with Gasteiger partial charge in [-0.25, -0.2) is 0 Å². The molecule has 0 fully saturated rings. The molecule has 21 heavy (non-hydrogen) atoms. The minimum atomic E-state index is -0.200. The number of nitrogens with one attached hydrogen (secondary N) is 1. The van der Waals surface area contributed by atoms with Crippen LogP contribution in [0.2, 0.25) is 5.02 Å². The van der Waals surface area contributed by atoms with E-state index in [1.807, 2.05) is 24.3 Å². The minimum absolute atomic E-state index is 0.200. The Kier molecular flexibility index (Phi) is 5.33. The van der Waals surface area contributed by atoms with Crippen LogP contribution < -0.4 is 11.1 Å². The molecule has 108 valence electrons. The molecular weight excluding hydrogens is 372 g/mol. The first-order chi connectivity index (χ1) is 9.95. The Labute approximate surface area is 141 Å². The maximum atomic E-state index is 12.1. The third kappa shape index (κ3) is 4.52. The van der Waals surface area contributed by atoms with Crippen LogP contribution in [-0.4, -0.2) is 10.9 Å². The molecule has 0 aliphatic heterocycles. The van der Waals surface area contributed by atoms with Gasteiger partial charge in [-0.3, -0.25) is 4.79 Å². The molecule has 0 spiro atoms. The third-order valence-corrected chi connectivity index (χ3v) is 4.13. The van der Waals surface area contributed by atoms with Crippen molar-refractivity contribution in [3.8, 4) is 0 Å². The van der Waals surface area contributed by atoms with E-state index in [0.717, 1.165) is 5.56 Å². The molecule has 0 saturated carbocycles. The Bertz CT molecular complexity index is 689. The fraction of sp³-hybridized carbons (Fsp3) is 0.0667. The Hall–Kier alpha value is -1.43. The lowest BCUT2D eigenvalue weighted by Gasteiger charge is -2.07. The van der Waals surface area contributed by atoms with Crippen LogP contribution in [-0.2, 0) is 6.42 Å². The van der Waals surface area contributed by atoms with E-state index in [9.17, 15) is 4.79 Å². The number of thiocarbonyl (C=S) groups is 1. The van der Waals surface area contributed by atoms with Crippen molar-refractivity contribution in [2.24, 2.45) is 5.73 Å². The van der Waals surface area contributed by atoms with Gasteiger partial charge in [0.1, 0.15) is 0 Å². The second-order valence-corrected chi connectivity index (χ2v) is 6.21. The second kappa shape index (κ2) is 7.02. The summed E-state index contributed by atoms with van der Waals surface area (Å²) >= 11 is 14.1. The lowest BCUT2D eigenvalue weighted by molar-refractivity contribution is 0.102. The van der Waals surface area contributed by atoms with Gasteiger partial charge in [0, 0.05) is 22.1 Å². The second-order valence-electron chi connectivity index (χ2n) is 4.42. The van der Waals surface area contributed by atoms with Gasteiger partial charge in [-0.15, -0.1) is 0 Å². The summed E-state index contributed by atoms with van der Waals surface area (Å²) in [6, 6.07) is 12.4. The molecule has 6 heteroatoms. The van der Waals surface area contributed by atoms with Crippen molar-refractivity contribution in [2.45, 2.75) is 6.42 Å². The molecular formula is C15H12BrClN2OS. The number of carbonyl (C=O) groups is 1. The van der Waals surface area contributed by atoms with Crippen molar-refractivity contribution in [1.29, 1.82) is 0 Å². The quantitative estimate of drug-likeness (QED) is 0.779. The first-order valence-corrected chi connectivity index (χ1v) is 7.67. The Balaban J connectivity index is 2.08. The Morgan fingerprint density at radius 2 is 1.90 bits per heavy atom. The highest BCUT2D eigenvalue weighted by Crippen LogP contribution is 2.23. The van der Waals surface area contributed by atoms with Gasteiger partial charge in [-0.2, -0.15) is 0 Å². The average Bonchev–Trinajstić information content (AvgIpc) is 2.43.